The van der Waals surface area contributed by atoms with Crippen molar-refractivity contribution < 1.29 is 4.79 Å². The Labute approximate surface area is 119 Å². The van der Waals surface area contributed by atoms with Crippen molar-refractivity contribution in [2.45, 2.75) is 13.8 Å². The number of aromatic nitrogens is 4. The van der Waals surface area contributed by atoms with Crippen LogP contribution in [0.2, 0.25) is 0 Å². The summed E-state index contributed by atoms with van der Waals surface area (Å²) < 4.78 is 2.83. The molecule has 0 bridgehead atoms. The van der Waals surface area contributed by atoms with E-state index in [-0.39, 0.29) is 11.8 Å². The largest absolute Gasteiger partial charge is 0.302 e. The van der Waals surface area contributed by atoms with E-state index in [1.165, 1.54) is 11.3 Å². The van der Waals surface area contributed by atoms with Gasteiger partial charge in [0, 0.05) is 11.6 Å². The van der Waals surface area contributed by atoms with E-state index in [0.29, 0.717) is 5.13 Å². The van der Waals surface area contributed by atoms with Gasteiger partial charge in [0.05, 0.1) is 10.2 Å². The minimum Gasteiger partial charge on any atom is -0.302 e. The van der Waals surface area contributed by atoms with Crippen LogP contribution in [0.4, 0.5) is 5.13 Å². The predicted molar refractivity (Wildman–Crippen MR) is 78.0 cm³/mol. The predicted octanol–water partition coefficient (Wildman–Crippen LogP) is 2.47. The van der Waals surface area contributed by atoms with Crippen LogP contribution in [0.25, 0.3) is 15.9 Å². The summed E-state index contributed by atoms with van der Waals surface area (Å²) in [6.07, 6.45) is 3.29. The first-order valence-corrected chi connectivity index (χ1v) is 7.01. The van der Waals surface area contributed by atoms with E-state index < -0.39 is 0 Å². The van der Waals surface area contributed by atoms with Gasteiger partial charge in [-0.25, -0.2) is 4.98 Å². The van der Waals surface area contributed by atoms with Crippen molar-refractivity contribution in [2.75, 3.05) is 5.32 Å². The van der Waals surface area contributed by atoms with Crippen LogP contribution >= 0.6 is 11.3 Å². The summed E-state index contributed by atoms with van der Waals surface area (Å²) >= 11 is 1.46. The maximum absolute atomic E-state index is 11.7. The number of hydrogen-bond donors (Lipinski definition) is 1. The Hall–Kier alpha value is -2.28. The van der Waals surface area contributed by atoms with Gasteiger partial charge < -0.3 is 5.32 Å². The van der Waals surface area contributed by atoms with Crippen LogP contribution in [0.5, 0.6) is 0 Å². The molecule has 0 atom stereocenters. The molecule has 102 valence electrons. The Morgan fingerprint density at radius 2 is 2.05 bits per heavy atom. The van der Waals surface area contributed by atoms with Crippen molar-refractivity contribution in [3.05, 3.63) is 30.9 Å². The van der Waals surface area contributed by atoms with Crippen molar-refractivity contribution in [3.8, 4) is 5.69 Å². The monoisotopic (exact) mass is 287 g/mol. The van der Waals surface area contributed by atoms with Crippen molar-refractivity contribution >= 4 is 32.6 Å². The van der Waals surface area contributed by atoms with Gasteiger partial charge in [-0.2, -0.15) is 0 Å². The number of amides is 1. The fraction of sp³-hybridized carbons (Fsp3) is 0.231. The minimum absolute atomic E-state index is 0.0249. The zero-order valence-electron chi connectivity index (χ0n) is 11.1. The summed E-state index contributed by atoms with van der Waals surface area (Å²) in [5.74, 6) is -0.0855. The Morgan fingerprint density at radius 1 is 1.30 bits per heavy atom. The molecule has 0 unspecified atom stereocenters. The number of nitrogens with zero attached hydrogens (tertiary/aromatic N) is 4. The van der Waals surface area contributed by atoms with E-state index in [2.05, 4.69) is 20.5 Å². The standard InChI is InChI=1S/C13H13N5OS/c1-8(2)12(19)17-13-16-10-4-3-9(5-11(10)20-13)18-6-14-15-7-18/h3-8H,1-2H3,(H,16,17,19). The Balaban J connectivity index is 1.93. The highest BCUT2D eigenvalue weighted by molar-refractivity contribution is 7.22. The highest BCUT2D eigenvalue weighted by Gasteiger charge is 2.11. The van der Waals surface area contributed by atoms with Crippen molar-refractivity contribution in [1.82, 2.24) is 19.7 Å². The number of thiazole rings is 1. The lowest BCUT2D eigenvalue weighted by Gasteiger charge is -2.02. The second-order valence-electron chi connectivity index (χ2n) is 4.68. The minimum atomic E-state index is -0.0606. The van der Waals surface area contributed by atoms with E-state index >= 15 is 0 Å². The second-order valence-corrected chi connectivity index (χ2v) is 5.71. The molecule has 0 saturated heterocycles. The number of rotatable bonds is 3. The third-order valence-electron chi connectivity index (χ3n) is 2.84. The molecule has 2 aromatic heterocycles. The lowest BCUT2D eigenvalue weighted by Crippen LogP contribution is -2.17. The lowest BCUT2D eigenvalue weighted by atomic mass is 10.2. The highest BCUT2D eigenvalue weighted by Crippen LogP contribution is 2.28. The normalized spacial score (nSPS) is 11.2. The quantitative estimate of drug-likeness (QED) is 0.803. The third-order valence-corrected chi connectivity index (χ3v) is 3.78. The zero-order chi connectivity index (χ0) is 14.1. The fourth-order valence-corrected chi connectivity index (χ4v) is 2.61. The number of carbonyl (C=O) groups is 1. The second kappa shape index (κ2) is 5.01. The molecular formula is C13H13N5OS. The van der Waals surface area contributed by atoms with Crippen LogP contribution in [0.3, 0.4) is 0 Å². The first-order chi connectivity index (χ1) is 9.63. The van der Waals surface area contributed by atoms with Gasteiger partial charge in [0.1, 0.15) is 12.7 Å². The highest BCUT2D eigenvalue weighted by atomic mass is 32.1. The summed E-state index contributed by atoms with van der Waals surface area (Å²) in [5.41, 5.74) is 1.83. The van der Waals surface area contributed by atoms with Crippen molar-refractivity contribution in [2.24, 2.45) is 5.92 Å². The summed E-state index contributed by atoms with van der Waals surface area (Å²) in [4.78, 5) is 16.1. The van der Waals surface area contributed by atoms with Crippen LogP contribution in [-0.2, 0) is 4.79 Å². The van der Waals surface area contributed by atoms with Gasteiger partial charge in [-0.15, -0.1) is 10.2 Å². The van der Waals surface area contributed by atoms with Crippen LogP contribution in [-0.4, -0.2) is 25.7 Å². The molecule has 0 radical (unpaired) electrons. The fourth-order valence-electron chi connectivity index (χ4n) is 1.71. The van der Waals surface area contributed by atoms with E-state index in [4.69, 9.17) is 0 Å². The van der Waals surface area contributed by atoms with Gasteiger partial charge in [0.2, 0.25) is 5.91 Å². The van der Waals surface area contributed by atoms with Gasteiger partial charge in [0.15, 0.2) is 5.13 Å². The molecule has 1 N–H and O–H groups in total. The van der Waals surface area contributed by atoms with Crippen molar-refractivity contribution in [3.63, 3.8) is 0 Å². The van der Waals surface area contributed by atoms with Gasteiger partial charge in [-0.3, -0.25) is 9.36 Å². The van der Waals surface area contributed by atoms with Crippen LogP contribution in [0.1, 0.15) is 13.8 Å². The third kappa shape index (κ3) is 2.39. The van der Waals surface area contributed by atoms with E-state index in [1.54, 1.807) is 12.7 Å². The smallest absolute Gasteiger partial charge is 0.228 e. The molecule has 2 heterocycles. The van der Waals surface area contributed by atoms with Gasteiger partial charge >= 0.3 is 0 Å². The van der Waals surface area contributed by atoms with Gasteiger partial charge in [-0.1, -0.05) is 25.2 Å². The molecule has 0 aliphatic heterocycles. The maximum atomic E-state index is 11.7. The van der Waals surface area contributed by atoms with Crippen LogP contribution in [0, 0.1) is 5.92 Å². The number of fused-ring (bicyclic) bond motifs is 1. The maximum Gasteiger partial charge on any atom is 0.228 e. The summed E-state index contributed by atoms with van der Waals surface area (Å²) in [5, 5.41) is 11.0. The number of nitrogens with one attached hydrogen (secondary N) is 1. The lowest BCUT2D eigenvalue weighted by molar-refractivity contribution is -0.118. The first kappa shape index (κ1) is 12.7. The molecule has 6 nitrogen and oxygen atoms in total. The van der Waals surface area contributed by atoms with Crippen LogP contribution < -0.4 is 5.32 Å². The molecule has 0 fully saturated rings. The van der Waals surface area contributed by atoms with Gasteiger partial charge in [0.25, 0.3) is 0 Å². The summed E-state index contributed by atoms with van der Waals surface area (Å²) in [7, 11) is 0. The Morgan fingerprint density at radius 3 is 2.75 bits per heavy atom. The first-order valence-electron chi connectivity index (χ1n) is 6.20. The van der Waals surface area contributed by atoms with Crippen LogP contribution in [0.15, 0.2) is 30.9 Å². The molecule has 1 aromatic carbocycles. The molecule has 0 aliphatic rings. The van der Waals surface area contributed by atoms with E-state index in [0.717, 1.165) is 15.9 Å². The molecule has 1 amide bonds. The Bertz CT molecular complexity index is 747. The average molecular weight is 287 g/mol. The number of anilines is 1. The number of carbonyl (C=O) groups excluding carboxylic acids is 1. The number of benzene rings is 1. The number of hydrogen-bond acceptors (Lipinski definition) is 5. The summed E-state index contributed by atoms with van der Waals surface area (Å²) in [6.45, 7) is 3.71. The summed E-state index contributed by atoms with van der Waals surface area (Å²) in [6, 6.07) is 5.87. The van der Waals surface area contributed by atoms with E-state index in [1.807, 2.05) is 36.6 Å². The molecule has 0 aliphatic carbocycles. The molecule has 3 rings (SSSR count). The van der Waals surface area contributed by atoms with Gasteiger partial charge in [-0.05, 0) is 18.2 Å². The molecule has 20 heavy (non-hydrogen) atoms. The molecule has 0 spiro atoms. The zero-order valence-corrected chi connectivity index (χ0v) is 11.9. The molecule has 0 saturated carbocycles. The topological polar surface area (TPSA) is 72.7 Å². The molecular weight excluding hydrogens is 274 g/mol. The SMILES string of the molecule is CC(C)C(=O)Nc1nc2ccc(-n3cnnc3)cc2s1. The molecule has 7 heteroatoms. The Kier molecular flexibility index (Phi) is 3.19. The average Bonchev–Trinajstić information content (AvgIpc) is 3.06. The van der Waals surface area contributed by atoms with Crippen molar-refractivity contribution in [1.29, 1.82) is 0 Å². The molecule has 3 aromatic rings. The van der Waals surface area contributed by atoms with E-state index in [9.17, 15) is 4.79 Å².